The molecule has 3 aromatic carbocycles. The van der Waals surface area contributed by atoms with E-state index in [2.05, 4.69) is 96.4 Å². The maximum absolute atomic E-state index is 13.8. The van der Waals surface area contributed by atoms with E-state index in [0.717, 1.165) is 16.7 Å². The summed E-state index contributed by atoms with van der Waals surface area (Å²) in [5.74, 6) is 4.65. The number of ether oxygens (including phenoxy) is 4. The number of nitriles is 1. The number of hydrogen-bond donors (Lipinski definition) is 1. The van der Waals surface area contributed by atoms with Crippen molar-refractivity contribution in [2.45, 2.75) is 135 Å². The van der Waals surface area contributed by atoms with Gasteiger partial charge in [-0.25, -0.2) is 9.46 Å². The molecule has 5 rings (SSSR count). The standard InChI is InChI=1S/C50H67N4O8PSi/c1-34(2)54(35(3)4)63(60-29-16-28-51)62-45-31-47(53-32-39(48(55)52-49(53)56)27-30-64(36(5)6,37(7)8)38(9)10)61-46(45)33-59-50(40-17-14-13-15-18-40,41-19-23-43(57-11)24-20-41)42-21-25-44(58-12)26-22-42/h13-15,17-26,32,34-38,45-47H,16,29,31,33H2,1-12H3,(H,52,55,56). The second-order valence-corrected chi connectivity index (χ2v) is 24.7. The number of benzene rings is 3. The summed E-state index contributed by atoms with van der Waals surface area (Å²) >= 11 is 0. The van der Waals surface area contributed by atoms with Gasteiger partial charge in [-0.15, -0.1) is 5.54 Å². The molecule has 1 aromatic heterocycles. The number of aromatic amines is 1. The summed E-state index contributed by atoms with van der Waals surface area (Å²) in [6, 6.07) is 27.8. The lowest BCUT2D eigenvalue weighted by atomic mass is 9.80. The predicted octanol–water partition coefficient (Wildman–Crippen LogP) is 10.1. The van der Waals surface area contributed by atoms with Crippen LogP contribution >= 0.6 is 8.53 Å². The SMILES string of the molecule is COc1ccc(C(OCC2OC(n3cc(C#C[Si](C(C)C)(C(C)C)C(C)C)c(=O)[nH]c3=O)CC2OP(OCCC#N)N(C(C)C)C(C)C)(c2ccccc2)c2ccc(OC)cc2)cc1. The van der Waals surface area contributed by atoms with Crippen molar-refractivity contribution in [2.24, 2.45) is 0 Å². The zero-order chi connectivity index (χ0) is 46.8. The van der Waals surface area contributed by atoms with Gasteiger partial charge in [0.25, 0.3) is 14.1 Å². The van der Waals surface area contributed by atoms with Crippen LogP contribution in [-0.2, 0) is 24.1 Å². The largest absolute Gasteiger partial charge is 0.497 e. The zero-order valence-electron chi connectivity index (χ0n) is 39.6. The van der Waals surface area contributed by atoms with Gasteiger partial charge >= 0.3 is 5.69 Å². The van der Waals surface area contributed by atoms with Crippen LogP contribution in [-0.4, -0.2) is 74.0 Å². The van der Waals surface area contributed by atoms with Crippen LogP contribution in [0.4, 0.5) is 0 Å². The van der Waals surface area contributed by atoms with Gasteiger partial charge in [0.15, 0.2) is 0 Å². The molecule has 0 aliphatic carbocycles. The molecular weight excluding hydrogens is 844 g/mol. The Bertz CT molecular complexity index is 2260. The smallest absolute Gasteiger partial charge is 0.330 e. The number of nitrogens with one attached hydrogen (secondary N) is 1. The minimum atomic E-state index is -2.22. The number of aromatic nitrogens is 2. The lowest BCUT2D eigenvalue weighted by Crippen LogP contribution is -2.43. The number of hydrogen-bond acceptors (Lipinski definition) is 10. The fourth-order valence-corrected chi connectivity index (χ4v) is 16.2. The van der Waals surface area contributed by atoms with E-state index in [9.17, 15) is 14.9 Å². The van der Waals surface area contributed by atoms with Crippen molar-refractivity contribution in [2.75, 3.05) is 27.4 Å². The van der Waals surface area contributed by atoms with Crippen LogP contribution in [0.2, 0.25) is 16.6 Å². The van der Waals surface area contributed by atoms with Crippen molar-refractivity contribution in [3.8, 4) is 29.0 Å². The summed E-state index contributed by atoms with van der Waals surface area (Å²) in [5, 5.41) is 9.45. The van der Waals surface area contributed by atoms with E-state index in [1.165, 1.54) is 10.8 Å². The summed E-state index contributed by atoms with van der Waals surface area (Å²) in [7, 11) is -0.682. The molecule has 0 amide bonds. The summed E-state index contributed by atoms with van der Waals surface area (Å²) in [4.78, 5) is 29.8. The van der Waals surface area contributed by atoms with Crippen molar-refractivity contribution in [1.82, 2.24) is 14.2 Å². The maximum Gasteiger partial charge on any atom is 0.330 e. The van der Waals surface area contributed by atoms with E-state index in [1.54, 1.807) is 14.2 Å². The number of H-pyrrole nitrogens is 1. The van der Waals surface area contributed by atoms with E-state index < -0.39 is 51.9 Å². The Kier molecular flexibility index (Phi) is 17.8. The summed E-state index contributed by atoms with van der Waals surface area (Å²) in [5.41, 5.74) is 5.12. The van der Waals surface area contributed by atoms with Gasteiger partial charge in [-0.3, -0.25) is 14.3 Å². The third kappa shape index (κ3) is 11.1. The highest BCUT2D eigenvalue weighted by atomic mass is 31.2. The third-order valence-corrected chi connectivity index (χ3v) is 20.7. The molecule has 0 saturated carbocycles. The summed E-state index contributed by atoms with van der Waals surface area (Å²) in [6.45, 7) is 21.8. The molecule has 12 nitrogen and oxygen atoms in total. The average molecular weight is 911 g/mol. The molecule has 1 saturated heterocycles. The molecule has 4 aromatic rings. The van der Waals surface area contributed by atoms with Crippen molar-refractivity contribution in [3.63, 3.8) is 0 Å². The van der Waals surface area contributed by atoms with Crippen molar-refractivity contribution >= 4 is 16.6 Å². The molecule has 4 atom stereocenters. The predicted molar refractivity (Wildman–Crippen MR) is 256 cm³/mol. The normalized spacial score (nSPS) is 17.3. The van der Waals surface area contributed by atoms with Crippen LogP contribution in [0.25, 0.3) is 0 Å². The maximum atomic E-state index is 13.8. The Labute approximate surface area is 382 Å². The highest BCUT2D eigenvalue weighted by molar-refractivity contribution is 7.44. The first-order chi connectivity index (χ1) is 30.5. The first-order valence-electron chi connectivity index (χ1n) is 22.3. The Morgan fingerprint density at radius 2 is 1.36 bits per heavy atom. The Balaban J connectivity index is 1.65. The molecule has 4 unspecified atom stereocenters. The van der Waals surface area contributed by atoms with Crippen molar-refractivity contribution < 1.29 is 28.0 Å². The van der Waals surface area contributed by atoms with Gasteiger partial charge < -0.3 is 28.0 Å². The quantitative estimate of drug-likeness (QED) is 0.0300. The minimum Gasteiger partial charge on any atom is -0.497 e. The fourth-order valence-electron chi connectivity index (χ4n) is 9.22. The van der Waals surface area contributed by atoms with Gasteiger partial charge in [0.1, 0.15) is 43.1 Å². The lowest BCUT2D eigenvalue weighted by Gasteiger charge is -2.39. The molecule has 0 spiro atoms. The molecule has 1 fully saturated rings. The second-order valence-electron chi connectivity index (χ2n) is 17.7. The van der Waals surface area contributed by atoms with Crippen molar-refractivity contribution in [3.05, 3.63) is 128 Å². The highest BCUT2D eigenvalue weighted by Gasteiger charge is 2.46. The molecule has 344 valence electrons. The highest BCUT2D eigenvalue weighted by Crippen LogP contribution is 2.51. The number of rotatable bonds is 20. The molecule has 0 bridgehead atoms. The lowest BCUT2D eigenvalue weighted by molar-refractivity contribution is -0.0925. The fraction of sp³-hybridized carbons (Fsp3) is 0.500. The van der Waals surface area contributed by atoms with E-state index in [0.29, 0.717) is 28.1 Å². The van der Waals surface area contributed by atoms with Gasteiger partial charge in [-0.1, -0.05) is 102 Å². The first kappa shape index (κ1) is 50.4. The Morgan fingerprint density at radius 3 is 1.84 bits per heavy atom. The van der Waals surface area contributed by atoms with Gasteiger partial charge in [0, 0.05) is 24.7 Å². The molecule has 1 aliphatic rings. The van der Waals surface area contributed by atoms with Crippen LogP contribution in [0.3, 0.4) is 0 Å². The van der Waals surface area contributed by atoms with E-state index >= 15 is 0 Å². The first-order valence-corrected chi connectivity index (χ1v) is 25.7. The zero-order valence-corrected chi connectivity index (χ0v) is 41.5. The topological polar surface area (TPSA) is 137 Å². The molecule has 1 aliphatic heterocycles. The van der Waals surface area contributed by atoms with Gasteiger partial charge in [-0.05, 0) is 85.3 Å². The van der Waals surface area contributed by atoms with Gasteiger partial charge in [0.05, 0.1) is 46.0 Å². The molecule has 0 radical (unpaired) electrons. The monoisotopic (exact) mass is 910 g/mol. The van der Waals surface area contributed by atoms with Gasteiger partial charge in [0.2, 0.25) is 0 Å². The summed E-state index contributed by atoms with van der Waals surface area (Å²) in [6.07, 6.45) is -0.314. The molecule has 1 N–H and O–H groups in total. The molecule has 64 heavy (non-hydrogen) atoms. The summed E-state index contributed by atoms with van der Waals surface area (Å²) < 4.78 is 42.4. The molecule has 2 heterocycles. The second kappa shape index (κ2) is 22.6. The number of nitrogens with zero attached hydrogens (tertiary/aromatic N) is 3. The average Bonchev–Trinajstić information content (AvgIpc) is 3.66. The van der Waals surface area contributed by atoms with E-state index in [1.807, 2.05) is 78.9 Å². The van der Waals surface area contributed by atoms with E-state index in [4.69, 9.17) is 28.0 Å². The van der Waals surface area contributed by atoms with Crippen LogP contribution in [0, 0.1) is 22.8 Å². The number of methoxy groups -OCH3 is 2. The minimum absolute atomic E-state index is 0.00883. The Morgan fingerprint density at radius 1 is 0.828 bits per heavy atom. The van der Waals surface area contributed by atoms with Crippen LogP contribution in [0.5, 0.6) is 11.5 Å². The van der Waals surface area contributed by atoms with Crippen LogP contribution in [0.15, 0.2) is 94.6 Å². The van der Waals surface area contributed by atoms with E-state index in [-0.39, 0.29) is 43.7 Å². The van der Waals surface area contributed by atoms with Crippen LogP contribution < -0.4 is 20.7 Å². The van der Waals surface area contributed by atoms with Crippen LogP contribution in [0.1, 0.15) is 111 Å². The van der Waals surface area contributed by atoms with Crippen molar-refractivity contribution in [1.29, 1.82) is 5.26 Å². The molecular formula is C50H67N4O8PSi. The third-order valence-electron chi connectivity index (χ3n) is 12.3. The van der Waals surface area contributed by atoms with Gasteiger partial charge in [-0.2, -0.15) is 5.26 Å². The molecule has 14 heteroatoms. The Hall–Kier alpha value is -4.56.